The monoisotopic (exact) mass is 530 g/mol. The van der Waals surface area contributed by atoms with Crippen LogP contribution in [0, 0.1) is 5.92 Å². The van der Waals surface area contributed by atoms with E-state index in [0.717, 1.165) is 44.5 Å². The molecule has 1 atom stereocenters. The molecule has 1 unspecified atom stereocenters. The van der Waals surface area contributed by atoms with Gasteiger partial charge in [0.05, 0.1) is 18.9 Å². The van der Waals surface area contributed by atoms with Gasteiger partial charge in [0.15, 0.2) is 5.96 Å². The molecule has 6 nitrogen and oxygen atoms in total. The first-order chi connectivity index (χ1) is 13.8. The molecule has 2 N–H and O–H groups in total. The van der Waals surface area contributed by atoms with E-state index in [1.807, 2.05) is 30.1 Å². The molecule has 1 aliphatic heterocycles. The quantitative estimate of drug-likeness (QED) is 0.223. The number of nitrogens with one attached hydrogen (secondary N) is 2. The minimum Gasteiger partial charge on any atom is -0.357 e. The zero-order valence-corrected chi connectivity index (χ0v) is 20.7. The maximum Gasteiger partial charge on any atom is 0.191 e. The summed E-state index contributed by atoms with van der Waals surface area (Å²) in [6.45, 7) is 10.4. The number of likely N-dealkylation sites (tertiary alicyclic amines) is 1. The number of rotatable bonds is 9. The van der Waals surface area contributed by atoms with E-state index in [1.54, 1.807) is 0 Å². The van der Waals surface area contributed by atoms with Crippen LogP contribution < -0.4 is 10.6 Å². The molecule has 3 heterocycles. The summed E-state index contributed by atoms with van der Waals surface area (Å²) in [6.07, 6.45) is 9.31. The standard InChI is InChI=1S/C21H34N6S.HI/c1-3-23-21(24-9-5-11-26-14-10-22-17-26)25-16-19(20-6-4-15-28-20)27-12-7-18(2)8-13-27;/h4,6,10,14-15,17-19H,3,5,7-9,11-13,16H2,1-2H3,(H2,23,24,25);1H. The van der Waals surface area contributed by atoms with Crippen LogP contribution in [0.2, 0.25) is 0 Å². The molecule has 0 amide bonds. The summed E-state index contributed by atoms with van der Waals surface area (Å²) in [5.41, 5.74) is 0. The summed E-state index contributed by atoms with van der Waals surface area (Å²) < 4.78 is 2.11. The Morgan fingerprint density at radius 1 is 1.34 bits per heavy atom. The molecule has 3 rings (SSSR count). The Kier molecular flexibility index (Phi) is 11.0. The van der Waals surface area contributed by atoms with Crippen molar-refractivity contribution >= 4 is 41.3 Å². The third-order valence-corrected chi connectivity index (χ3v) is 6.32. The number of thiophene rings is 1. The third kappa shape index (κ3) is 7.90. The predicted molar refractivity (Wildman–Crippen MR) is 133 cm³/mol. The van der Waals surface area contributed by atoms with Crippen LogP contribution in [0.4, 0.5) is 0 Å². The lowest BCUT2D eigenvalue weighted by atomic mass is 9.97. The first kappa shape index (κ1) is 24.1. The highest BCUT2D eigenvalue weighted by molar-refractivity contribution is 14.0. The number of imidazole rings is 1. The smallest absolute Gasteiger partial charge is 0.191 e. The SMILES string of the molecule is CCNC(=NCC(c1cccs1)N1CCC(C)CC1)NCCCn1ccnc1.I. The molecule has 0 aromatic carbocycles. The zero-order valence-electron chi connectivity index (χ0n) is 17.6. The lowest BCUT2D eigenvalue weighted by molar-refractivity contribution is 0.143. The van der Waals surface area contributed by atoms with Gasteiger partial charge >= 0.3 is 0 Å². The van der Waals surface area contributed by atoms with Crippen LogP contribution >= 0.6 is 35.3 Å². The van der Waals surface area contributed by atoms with Crippen LogP contribution in [0.15, 0.2) is 41.2 Å². The normalized spacial score (nSPS) is 17.0. The summed E-state index contributed by atoms with van der Waals surface area (Å²) in [6, 6.07) is 4.80. The molecule has 1 saturated heterocycles. The third-order valence-electron chi connectivity index (χ3n) is 5.34. The average molecular weight is 531 g/mol. The summed E-state index contributed by atoms with van der Waals surface area (Å²) in [5.74, 6) is 1.76. The van der Waals surface area contributed by atoms with Gasteiger partial charge in [-0.1, -0.05) is 13.0 Å². The fourth-order valence-corrected chi connectivity index (χ4v) is 4.47. The Morgan fingerprint density at radius 2 is 2.17 bits per heavy atom. The van der Waals surface area contributed by atoms with Crippen LogP contribution in [-0.4, -0.2) is 53.1 Å². The maximum absolute atomic E-state index is 4.94. The van der Waals surface area contributed by atoms with E-state index in [-0.39, 0.29) is 24.0 Å². The molecule has 162 valence electrons. The van der Waals surface area contributed by atoms with Crippen molar-refractivity contribution in [3.63, 3.8) is 0 Å². The van der Waals surface area contributed by atoms with Crippen molar-refractivity contribution in [3.8, 4) is 0 Å². The Hall–Kier alpha value is -1.13. The molecule has 0 spiro atoms. The van der Waals surface area contributed by atoms with Gasteiger partial charge in [0, 0.05) is 36.9 Å². The fraction of sp³-hybridized carbons (Fsp3) is 0.619. The van der Waals surface area contributed by atoms with Gasteiger partial charge < -0.3 is 15.2 Å². The molecule has 8 heteroatoms. The van der Waals surface area contributed by atoms with Crippen molar-refractivity contribution in [2.75, 3.05) is 32.7 Å². The average Bonchev–Trinajstić information content (AvgIpc) is 3.41. The van der Waals surface area contributed by atoms with Crippen LogP contribution in [0.5, 0.6) is 0 Å². The van der Waals surface area contributed by atoms with E-state index in [1.165, 1.54) is 30.8 Å². The summed E-state index contributed by atoms with van der Waals surface area (Å²) in [4.78, 5) is 13.1. The minimum atomic E-state index is 0. The van der Waals surface area contributed by atoms with E-state index in [9.17, 15) is 0 Å². The Balaban J connectivity index is 0.00000300. The second-order valence-electron chi connectivity index (χ2n) is 7.55. The fourth-order valence-electron chi connectivity index (χ4n) is 3.61. The van der Waals surface area contributed by atoms with E-state index in [0.29, 0.717) is 6.04 Å². The van der Waals surface area contributed by atoms with Gasteiger partial charge in [0.25, 0.3) is 0 Å². The van der Waals surface area contributed by atoms with Crippen LogP contribution in [-0.2, 0) is 6.54 Å². The first-order valence-electron chi connectivity index (χ1n) is 10.5. The lowest BCUT2D eigenvalue weighted by Gasteiger charge is -2.35. The highest BCUT2D eigenvalue weighted by Gasteiger charge is 2.25. The van der Waals surface area contributed by atoms with E-state index < -0.39 is 0 Å². The lowest BCUT2D eigenvalue weighted by Crippen LogP contribution is -2.40. The molecule has 0 radical (unpaired) electrons. The van der Waals surface area contributed by atoms with Gasteiger partial charge in [0.2, 0.25) is 0 Å². The van der Waals surface area contributed by atoms with Crippen molar-refractivity contribution in [2.24, 2.45) is 10.9 Å². The molecule has 1 fully saturated rings. The van der Waals surface area contributed by atoms with Gasteiger partial charge in [0.1, 0.15) is 0 Å². The molecular weight excluding hydrogens is 495 g/mol. The number of halogens is 1. The molecule has 0 saturated carbocycles. The molecule has 29 heavy (non-hydrogen) atoms. The van der Waals surface area contributed by atoms with Gasteiger partial charge in [-0.3, -0.25) is 9.89 Å². The van der Waals surface area contributed by atoms with Crippen LogP contribution in [0.1, 0.15) is 44.0 Å². The topological polar surface area (TPSA) is 57.5 Å². The Bertz CT molecular complexity index is 680. The predicted octanol–water partition coefficient (Wildman–Crippen LogP) is 3.98. The molecule has 2 aromatic rings. The molecule has 0 aliphatic carbocycles. The van der Waals surface area contributed by atoms with Crippen molar-refractivity contribution in [2.45, 2.75) is 45.7 Å². The Morgan fingerprint density at radius 3 is 2.83 bits per heavy atom. The van der Waals surface area contributed by atoms with Gasteiger partial charge in [-0.25, -0.2) is 4.98 Å². The highest BCUT2D eigenvalue weighted by Crippen LogP contribution is 2.29. The van der Waals surface area contributed by atoms with Crippen molar-refractivity contribution in [1.29, 1.82) is 0 Å². The number of hydrogen-bond donors (Lipinski definition) is 2. The second kappa shape index (κ2) is 13.2. The van der Waals surface area contributed by atoms with Gasteiger partial charge in [-0.15, -0.1) is 35.3 Å². The van der Waals surface area contributed by atoms with Gasteiger partial charge in [-0.2, -0.15) is 0 Å². The van der Waals surface area contributed by atoms with E-state index >= 15 is 0 Å². The van der Waals surface area contributed by atoms with Gasteiger partial charge in [-0.05, 0) is 56.6 Å². The molecule has 2 aromatic heterocycles. The molecular formula is C21H35IN6S. The van der Waals surface area contributed by atoms with Crippen LogP contribution in [0.25, 0.3) is 0 Å². The minimum absolute atomic E-state index is 0. The summed E-state index contributed by atoms with van der Waals surface area (Å²) in [5, 5.41) is 9.05. The highest BCUT2D eigenvalue weighted by atomic mass is 127. The maximum atomic E-state index is 4.94. The van der Waals surface area contributed by atoms with Crippen molar-refractivity contribution in [1.82, 2.24) is 25.1 Å². The number of aryl methyl sites for hydroxylation is 1. The second-order valence-corrected chi connectivity index (χ2v) is 8.53. The van der Waals surface area contributed by atoms with Crippen LogP contribution in [0.3, 0.4) is 0 Å². The van der Waals surface area contributed by atoms with E-state index in [4.69, 9.17) is 4.99 Å². The van der Waals surface area contributed by atoms with Crippen molar-refractivity contribution in [3.05, 3.63) is 41.1 Å². The summed E-state index contributed by atoms with van der Waals surface area (Å²) >= 11 is 1.85. The molecule has 1 aliphatic rings. The Labute approximate surface area is 196 Å². The summed E-state index contributed by atoms with van der Waals surface area (Å²) in [7, 11) is 0. The number of hydrogen-bond acceptors (Lipinski definition) is 4. The number of nitrogens with zero attached hydrogens (tertiary/aromatic N) is 4. The first-order valence-corrected chi connectivity index (χ1v) is 11.4. The number of aliphatic imine (C=N–C) groups is 1. The largest absolute Gasteiger partial charge is 0.357 e. The molecule has 0 bridgehead atoms. The number of guanidine groups is 1. The number of piperidine rings is 1. The zero-order chi connectivity index (χ0) is 19.6. The van der Waals surface area contributed by atoms with E-state index in [2.05, 4.69) is 56.4 Å². The van der Waals surface area contributed by atoms with Crippen molar-refractivity contribution < 1.29 is 0 Å². The number of aromatic nitrogens is 2.